The molecule has 1 atom stereocenters. The van der Waals surface area contributed by atoms with E-state index in [4.69, 9.17) is 21.3 Å². The van der Waals surface area contributed by atoms with Crippen molar-refractivity contribution in [3.8, 4) is 11.1 Å². The fourth-order valence-corrected chi connectivity index (χ4v) is 8.96. The number of benzene rings is 2. The van der Waals surface area contributed by atoms with Gasteiger partial charge in [-0.3, -0.25) is 14.3 Å². The third-order valence-corrected chi connectivity index (χ3v) is 12.4. The molecule has 12 nitrogen and oxygen atoms in total. The maximum Gasteiger partial charge on any atom is 0.260 e. The molecule has 7 rings (SSSR count). The third-order valence-electron chi connectivity index (χ3n) is 9.81. The van der Waals surface area contributed by atoms with Crippen LogP contribution in [0, 0.1) is 0 Å². The van der Waals surface area contributed by atoms with E-state index >= 15 is 0 Å². The van der Waals surface area contributed by atoms with Gasteiger partial charge in [-0.15, -0.1) is 0 Å². The summed E-state index contributed by atoms with van der Waals surface area (Å²) in [6.07, 6.45) is 3.95. The Morgan fingerprint density at radius 1 is 0.959 bits per heavy atom. The number of hydrogen-bond acceptors (Lipinski definition) is 11. The van der Waals surface area contributed by atoms with E-state index in [9.17, 15) is 13.2 Å². The summed E-state index contributed by atoms with van der Waals surface area (Å²) in [4.78, 5) is 28.3. The Kier molecular flexibility index (Phi) is 10.2. The van der Waals surface area contributed by atoms with Crippen molar-refractivity contribution in [3.63, 3.8) is 0 Å². The van der Waals surface area contributed by atoms with Gasteiger partial charge in [-0.05, 0) is 88.4 Å². The van der Waals surface area contributed by atoms with Gasteiger partial charge in [-0.1, -0.05) is 17.7 Å². The number of piperidine rings is 1. The molecule has 14 heteroatoms. The number of halogens is 1. The molecule has 260 valence electrons. The van der Waals surface area contributed by atoms with E-state index in [1.165, 1.54) is 6.07 Å². The predicted octanol–water partition coefficient (Wildman–Crippen LogP) is 3.83. The van der Waals surface area contributed by atoms with Crippen molar-refractivity contribution in [3.05, 3.63) is 70.1 Å². The molecule has 3 aliphatic heterocycles. The van der Waals surface area contributed by atoms with Gasteiger partial charge in [0.25, 0.3) is 5.56 Å². The van der Waals surface area contributed by atoms with Crippen LogP contribution in [-0.2, 0) is 21.1 Å². The fourth-order valence-electron chi connectivity index (χ4n) is 6.86. The van der Waals surface area contributed by atoms with E-state index in [0.717, 1.165) is 57.1 Å². The third kappa shape index (κ3) is 7.62. The summed E-state index contributed by atoms with van der Waals surface area (Å²) in [6, 6.07) is 14.9. The average Bonchev–Trinajstić information content (AvgIpc) is 3.62. The van der Waals surface area contributed by atoms with Crippen LogP contribution in [-0.4, -0.2) is 110 Å². The summed E-state index contributed by atoms with van der Waals surface area (Å²) >= 11 is 6.79. The molecule has 3 fully saturated rings. The Bertz CT molecular complexity index is 1950. The first kappa shape index (κ1) is 33.9. The highest BCUT2D eigenvalue weighted by Gasteiger charge is 2.31. The Labute approximate surface area is 291 Å². The van der Waals surface area contributed by atoms with E-state index in [0.29, 0.717) is 73.3 Å². The Morgan fingerprint density at radius 3 is 2.43 bits per heavy atom. The number of fused-ring (bicyclic) bond motifs is 1. The number of anilines is 3. The van der Waals surface area contributed by atoms with Gasteiger partial charge in [0.15, 0.2) is 9.84 Å². The zero-order valence-electron chi connectivity index (χ0n) is 27.7. The van der Waals surface area contributed by atoms with E-state index in [2.05, 4.69) is 30.7 Å². The van der Waals surface area contributed by atoms with Crippen molar-refractivity contribution in [1.29, 1.82) is 0 Å². The molecule has 0 spiro atoms. The van der Waals surface area contributed by atoms with Crippen molar-refractivity contribution < 1.29 is 13.2 Å². The van der Waals surface area contributed by atoms with E-state index in [-0.39, 0.29) is 15.5 Å². The lowest BCUT2D eigenvalue weighted by atomic mass is 10.1. The van der Waals surface area contributed by atoms with Crippen LogP contribution in [0.25, 0.3) is 22.2 Å². The molecule has 1 unspecified atom stereocenters. The van der Waals surface area contributed by atoms with Crippen molar-refractivity contribution in [2.45, 2.75) is 42.0 Å². The van der Waals surface area contributed by atoms with Crippen LogP contribution in [0.15, 0.2) is 64.4 Å². The van der Waals surface area contributed by atoms with E-state index in [1.54, 1.807) is 29.0 Å². The summed E-state index contributed by atoms with van der Waals surface area (Å²) in [6.45, 7) is 7.37. The summed E-state index contributed by atoms with van der Waals surface area (Å²) in [7, 11) is -1.56. The normalized spacial score (nSPS) is 19.8. The molecule has 2 aromatic carbocycles. The average molecular weight is 707 g/mol. The van der Waals surface area contributed by atoms with Crippen LogP contribution in [0.4, 0.5) is 17.3 Å². The zero-order chi connectivity index (χ0) is 34.0. The molecule has 5 heterocycles. The van der Waals surface area contributed by atoms with Crippen molar-refractivity contribution in [2.75, 3.05) is 76.7 Å². The minimum absolute atomic E-state index is 0.183. The second kappa shape index (κ2) is 14.7. The van der Waals surface area contributed by atoms with E-state index in [1.807, 2.05) is 31.3 Å². The van der Waals surface area contributed by atoms with Crippen LogP contribution in [0.3, 0.4) is 0 Å². The number of ether oxygens (including phenoxy) is 1. The molecule has 0 aliphatic carbocycles. The lowest BCUT2D eigenvalue weighted by Gasteiger charge is -2.28. The lowest BCUT2D eigenvalue weighted by molar-refractivity contribution is 0.0364. The second-order valence-electron chi connectivity index (χ2n) is 13.2. The maximum absolute atomic E-state index is 14.3. The summed E-state index contributed by atoms with van der Waals surface area (Å²) < 4.78 is 34.2. The van der Waals surface area contributed by atoms with Crippen molar-refractivity contribution >= 4 is 49.8 Å². The number of morpholine rings is 1. The second-order valence-corrected chi connectivity index (χ2v) is 15.8. The quantitative estimate of drug-likeness (QED) is 0.222. The molecule has 0 saturated carbocycles. The molecule has 3 saturated heterocycles. The summed E-state index contributed by atoms with van der Waals surface area (Å²) in [5.74, 6) is 0.377. The molecular formula is C35H43ClN8O4S. The van der Waals surface area contributed by atoms with Crippen molar-refractivity contribution in [1.82, 2.24) is 29.7 Å². The highest BCUT2D eigenvalue weighted by atomic mass is 35.5. The number of sulfone groups is 1. The summed E-state index contributed by atoms with van der Waals surface area (Å²) in [5.41, 5.74) is 2.97. The molecule has 3 aliphatic rings. The summed E-state index contributed by atoms with van der Waals surface area (Å²) in [5, 5.41) is 10.6. The smallest absolute Gasteiger partial charge is 0.260 e. The first-order chi connectivity index (χ1) is 23.7. The van der Waals surface area contributed by atoms with Gasteiger partial charge in [-0.25, -0.2) is 13.4 Å². The standard InChI is InChI=1S/C35H43ClN8O4S/c1-42-12-9-28(10-13-42)49(46,47)29-6-7-30(32(36)21-29)31-20-24-22-38-35(40-26-4-2-25(3-5-26)39-27-8-11-37-23-27)41-33(24)44(34(31)45)15-14-43-16-18-48-19-17-43/h2-7,20-22,27-28,37,39H,8-19,23H2,1H3,(H,38,40,41). The number of nitrogens with zero attached hydrogens (tertiary/aromatic N) is 5. The monoisotopic (exact) mass is 706 g/mol. The highest BCUT2D eigenvalue weighted by Crippen LogP contribution is 2.33. The molecule has 0 radical (unpaired) electrons. The van der Waals surface area contributed by atoms with Gasteiger partial charge in [0.05, 0.1) is 23.4 Å². The minimum Gasteiger partial charge on any atom is -0.381 e. The van der Waals surface area contributed by atoms with Gasteiger partial charge >= 0.3 is 0 Å². The minimum atomic E-state index is -3.56. The molecule has 3 N–H and O–H groups in total. The number of hydrogen-bond donors (Lipinski definition) is 3. The van der Waals surface area contributed by atoms with Gasteiger partial charge in [0.2, 0.25) is 5.95 Å². The highest BCUT2D eigenvalue weighted by molar-refractivity contribution is 7.92. The molecule has 49 heavy (non-hydrogen) atoms. The van der Waals surface area contributed by atoms with Crippen molar-refractivity contribution in [2.24, 2.45) is 0 Å². The SMILES string of the molecule is CN1CCC(S(=O)(=O)c2ccc(-c3cc4cnc(Nc5ccc(NC6CCNC6)cc5)nc4n(CCN4CCOCC4)c3=O)c(Cl)c2)CC1. The molecule has 0 amide bonds. The first-order valence-electron chi connectivity index (χ1n) is 17.0. The Hall–Kier alpha value is -3.59. The van der Waals surface area contributed by atoms with Crippen LogP contribution >= 0.6 is 11.6 Å². The number of nitrogens with one attached hydrogen (secondary N) is 3. The topological polar surface area (TPSA) is 134 Å². The molecule has 2 aromatic heterocycles. The van der Waals surface area contributed by atoms with E-state index < -0.39 is 15.1 Å². The molecular weight excluding hydrogens is 664 g/mol. The largest absolute Gasteiger partial charge is 0.381 e. The number of likely N-dealkylation sites (tertiary alicyclic amines) is 1. The predicted molar refractivity (Wildman–Crippen MR) is 194 cm³/mol. The van der Waals surface area contributed by atoms with Gasteiger partial charge < -0.3 is 25.6 Å². The molecule has 4 aromatic rings. The van der Waals surface area contributed by atoms with Gasteiger partial charge in [0, 0.05) is 77.9 Å². The van der Waals surface area contributed by atoms with Crippen LogP contribution < -0.4 is 21.5 Å². The maximum atomic E-state index is 14.3. The zero-order valence-corrected chi connectivity index (χ0v) is 29.3. The first-order valence-corrected chi connectivity index (χ1v) is 18.9. The Balaban J connectivity index is 1.19. The van der Waals surface area contributed by atoms with Crippen LogP contribution in [0.1, 0.15) is 19.3 Å². The fraction of sp³-hybridized carbons (Fsp3) is 0.457. The number of aromatic nitrogens is 3. The number of pyridine rings is 1. The number of rotatable bonds is 10. The lowest BCUT2D eigenvalue weighted by Crippen LogP contribution is -2.39. The van der Waals surface area contributed by atoms with Gasteiger partial charge in [-0.2, -0.15) is 4.98 Å². The Morgan fingerprint density at radius 2 is 1.71 bits per heavy atom. The van der Waals surface area contributed by atoms with Gasteiger partial charge in [0.1, 0.15) is 5.65 Å². The van der Waals surface area contributed by atoms with Crippen LogP contribution in [0.2, 0.25) is 5.02 Å². The molecule has 0 bridgehead atoms. The van der Waals surface area contributed by atoms with Crippen LogP contribution in [0.5, 0.6) is 0 Å².